The molecule has 3 heteroatoms. The van der Waals surface area contributed by atoms with Crippen LogP contribution in [0.4, 0.5) is 4.39 Å². The lowest BCUT2D eigenvalue weighted by Crippen LogP contribution is -2.34. The molecule has 0 fully saturated rings. The number of nitrogens with two attached hydrogens (primary N) is 1. The maximum absolute atomic E-state index is 14.0. The van der Waals surface area contributed by atoms with Crippen LogP contribution in [0.25, 0.3) is 0 Å². The lowest BCUT2D eigenvalue weighted by Gasteiger charge is -2.22. The lowest BCUT2D eigenvalue weighted by atomic mass is 9.95. The lowest BCUT2D eigenvalue weighted by molar-refractivity contribution is 0.159. The van der Waals surface area contributed by atoms with Crippen LogP contribution in [0, 0.1) is 0 Å². The summed E-state index contributed by atoms with van der Waals surface area (Å²) in [6.07, 6.45) is 1.87. The number of hydrogen-bond donors (Lipinski definition) is 1. The van der Waals surface area contributed by atoms with Crippen molar-refractivity contribution in [2.45, 2.75) is 31.9 Å². The van der Waals surface area contributed by atoms with Gasteiger partial charge in [-0.05, 0) is 17.9 Å². The fourth-order valence-electron chi connectivity index (χ4n) is 1.44. The number of alkyl halides is 1. The zero-order valence-electron chi connectivity index (χ0n) is 7.92. The van der Waals surface area contributed by atoms with E-state index >= 15 is 0 Å². The van der Waals surface area contributed by atoms with Crippen molar-refractivity contribution >= 4 is 11.3 Å². The molecule has 0 saturated carbocycles. The first-order valence-electron chi connectivity index (χ1n) is 4.61. The van der Waals surface area contributed by atoms with Gasteiger partial charge in [0.1, 0.15) is 5.67 Å². The molecule has 1 aromatic heterocycles. The summed E-state index contributed by atoms with van der Waals surface area (Å²) in [6.45, 7) is 2.11. The summed E-state index contributed by atoms with van der Waals surface area (Å²) in [5, 5.41) is 1.97. The zero-order chi connectivity index (χ0) is 9.73. The molecule has 13 heavy (non-hydrogen) atoms. The Labute approximate surface area is 82.8 Å². The zero-order valence-corrected chi connectivity index (χ0v) is 8.74. The second kappa shape index (κ2) is 4.72. The quantitative estimate of drug-likeness (QED) is 0.779. The fourth-order valence-corrected chi connectivity index (χ4v) is 2.27. The van der Waals surface area contributed by atoms with Gasteiger partial charge in [0, 0.05) is 17.8 Å². The topological polar surface area (TPSA) is 26.0 Å². The Morgan fingerprint density at radius 3 is 2.85 bits per heavy atom. The normalized spacial score (nSPS) is 15.6. The number of halogens is 1. The average Bonchev–Trinajstić information content (AvgIpc) is 2.57. The Hall–Kier alpha value is -0.410. The van der Waals surface area contributed by atoms with Crippen molar-refractivity contribution in [2.24, 2.45) is 5.73 Å². The molecule has 1 nitrogen and oxygen atoms in total. The van der Waals surface area contributed by atoms with Gasteiger partial charge < -0.3 is 5.73 Å². The van der Waals surface area contributed by atoms with E-state index in [1.165, 1.54) is 0 Å². The Kier molecular flexibility index (Phi) is 3.88. The van der Waals surface area contributed by atoms with E-state index in [-0.39, 0.29) is 6.54 Å². The highest BCUT2D eigenvalue weighted by Crippen LogP contribution is 2.24. The van der Waals surface area contributed by atoms with E-state index in [2.05, 4.69) is 0 Å². The van der Waals surface area contributed by atoms with Crippen LogP contribution in [0.5, 0.6) is 0 Å². The standard InChI is InChI=1S/C10H16FNS/c1-2-5-10(11,8-12)7-9-4-3-6-13-9/h3-4,6H,2,5,7-8,12H2,1H3. The van der Waals surface area contributed by atoms with Crippen molar-refractivity contribution in [1.29, 1.82) is 0 Å². The molecule has 0 aliphatic heterocycles. The highest BCUT2D eigenvalue weighted by atomic mass is 32.1. The van der Waals surface area contributed by atoms with Gasteiger partial charge in [-0.1, -0.05) is 19.4 Å². The van der Waals surface area contributed by atoms with E-state index in [4.69, 9.17) is 5.73 Å². The molecule has 1 atom stereocenters. The number of hydrogen-bond acceptors (Lipinski definition) is 2. The van der Waals surface area contributed by atoms with E-state index in [0.717, 1.165) is 11.3 Å². The summed E-state index contributed by atoms with van der Waals surface area (Å²) in [4.78, 5) is 1.08. The largest absolute Gasteiger partial charge is 0.328 e. The number of rotatable bonds is 5. The van der Waals surface area contributed by atoms with Crippen molar-refractivity contribution in [3.8, 4) is 0 Å². The maximum atomic E-state index is 14.0. The van der Waals surface area contributed by atoms with E-state index in [1.807, 2.05) is 24.4 Å². The molecule has 1 rings (SSSR count). The van der Waals surface area contributed by atoms with Gasteiger partial charge in [-0.15, -0.1) is 11.3 Å². The minimum absolute atomic E-state index is 0.124. The van der Waals surface area contributed by atoms with Gasteiger partial charge in [0.2, 0.25) is 0 Å². The van der Waals surface area contributed by atoms with Gasteiger partial charge in [0.15, 0.2) is 0 Å². The van der Waals surface area contributed by atoms with E-state index in [9.17, 15) is 4.39 Å². The molecular formula is C10H16FNS. The molecule has 0 radical (unpaired) electrons. The molecular weight excluding hydrogens is 185 g/mol. The summed E-state index contributed by atoms with van der Waals surface area (Å²) < 4.78 is 14.0. The van der Waals surface area contributed by atoms with Gasteiger partial charge in [0.05, 0.1) is 0 Å². The average molecular weight is 201 g/mol. The maximum Gasteiger partial charge on any atom is 0.128 e. The third-order valence-electron chi connectivity index (χ3n) is 2.14. The van der Waals surface area contributed by atoms with Crippen LogP contribution in [-0.4, -0.2) is 12.2 Å². The first-order valence-corrected chi connectivity index (χ1v) is 5.49. The van der Waals surface area contributed by atoms with E-state index in [1.54, 1.807) is 11.3 Å². The van der Waals surface area contributed by atoms with Crippen LogP contribution in [0.15, 0.2) is 17.5 Å². The molecule has 1 aromatic rings. The molecule has 0 aromatic carbocycles. The summed E-state index contributed by atoms with van der Waals surface area (Å²) in [5.74, 6) is 0. The highest BCUT2D eigenvalue weighted by Gasteiger charge is 2.27. The van der Waals surface area contributed by atoms with Crippen LogP contribution >= 0.6 is 11.3 Å². The summed E-state index contributed by atoms with van der Waals surface area (Å²) in [6, 6.07) is 3.91. The number of thiophene rings is 1. The predicted molar refractivity (Wildman–Crippen MR) is 55.8 cm³/mol. The minimum atomic E-state index is -1.19. The van der Waals surface area contributed by atoms with Crippen LogP contribution in [0.1, 0.15) is 24.6 Å². The predicted octanol–water partition coefficient (Wildman–Crippen LogP) is 2.76. The second-order valence-corrected chi connectivity index (χ2v) is 4.39. The first kappa shape index (κ1) is 10.7. The first-order chi connectivity index (χ1) is 6.20. The monoisotopic (exact) mass is 201 g/mol. The van der Waals surface area contributed by atoms with E-state index < -0.39 is 5.67 Å². The third-order valence-corrected chi connectivity index (χ3v) is 3.01. The van der Waals surface area contributed by atoms with Crippen LogP contribution in [0.2, 0.25) is 0 Å². The molecule has 0 amide bonds. The van der Waals surface area contributed by atoms with Gasteiger partial charge in [-0.3, -0.25) is 0 Å². The van der Waals surface area contributed by atoms with Crippen LogP contribution in [0.3, 0.4) is 0 Å². The smallest absolute Gasteiger partial charge is 0.128 e. The molecule has 74 valence electrons. The van der Waals surface area contributed by atoms with Gasteiger partial charge in [-0.2, -0.15) is 0 Å². The van der Waals surface area contributed by atoms with Gasteiger partial charge in [0.25, 0.3) is 0 Å². The van der Waals surface area contributed by atoms with E-state index in [0.29, 0.717) is 12.8 Å². The molecule has 0 bridgehead atoms. The SMILES string of the molecule is CCCC(F)(CN)Cc1cccs1. The van der Waals surface area contributed by atoms with Gasteiger partial charge in [-0.25, -0.2) is 4.39 Å². The summed E-state index contributed by atoms with van der Waals surface area (Å²) >= 11 is 1.60. The van der Waals surface area contributed by atoms with Crippen LogP contribution < -0.4 is 5.73 Å². The van der Waals surface area contributed by atoms with Crippen molar-refractivity contribution in [2.75, 3.05) is 6.54 Å². The molecule has 0 aliphatic carbocycles. The van der Waals surface area contributed by atoms with Crippen molar-refractivity contribution < 1.29 is 4.39 Å². The minimum Gasteiger partial charge on any atom is -0.328 e. The second-order valence-electron chi connectivity index (χ2n) is 3.36. The fraction of sp³-hybridized carbons (Fsp3) is 0.600. The summed E-state index contributed by atoms with van der Waals surface area (Å²) in [5.41, 5.74) is 4.24. The Bertz CT molecular complexity index is 235. The highest BCUT2D eigenvalue weighted by molar-refractivity contribution is 7.09. The molecule has 1 unspecified atom stereocenters. The van der Waals surface area contributed by atoms with Gasteiger partial charge >= 0.3 is 0 Å². The van der Waals surface area contributed by atoms with Crippen molar-refractivity contribution in [3.05, 3.63) is 22.4 Å². The third kappa shape index (κ3) is 3.08. The molecule has 0 saturated heterocycles. The molecule has 0 aliphatic rings. The Morgan fingerprint density at radius 1 is 1.62 bits per heavy atom. The van der Waals surface area contributed by atoms with Crippen molar-refractivity contribution in [3.63, 3.8) is 0 Å². The van der Waals surface area contributed by atoms with Crippen LogP contribution in [-0.2, 0) is 6.42 Å². The molecule has 0 spiro atoms. The summed E-state index contributed by atoms with van der Waals surface area (Å²) in [7, 11) is 0. The Morgan fingerprint density at radius 2 is 2.38 bits per heavy atom. The molecule has 1 heterocycles. The van der Waals surface area contributed by atoms with Crippen molar-refractivity contribution in [1.82, 2.24) is 0 Å². The Balaban J connectivity index is 2.58. The molecule has 2 N–H and O–H groups in total.